The Morgan fingerprint density at radius 3 is 2.60 bits per heavy atom. The topological polar surface area (TPSA) is 112 Å². The van der Waals surface area contributed by atoms with Gasteiger partial charge in [0.15, 0.2) is 0 Å². The molecule has 2 aliphatic rings. The molecule has 2 aliphatic heterocycles. The number of hydrogen-bond donors (Lipinski definition) is 2. The van der Waals surface area contributed by atoms with Crippen LogP contribution in [0.15, 0.2) is 23.3 Å². The molecule has 2 N–H and O–H groups in total. The van der Waals surface area contributed by atoms with E-state index in [1.54, 1.807) is 32.9 Å². The van der Waals surface area contributed by atoms with Crippen LogP contribution in [0.4, 0.5) is 11.5 Å². The number of fused-ring (bicyclic) bond motifs is 2. The van der Waals surface area contributed by atoms with Crippen LogP contribution in [0.2, 0.25) is 0 Å². The highest BCUT2D eigenvalue weighted by molar-refractivity contribution is 7.20. The van der Waals surface area contributed by atoms with E-state index in [0.717, 1.165) is 25.9 Å². The number of nitrogens with one attached hydrogen (secondary N) is 2. The summed E-state index contributed by atoms with van der Waals surface area (Å²) in [5.74, 6) is 0.177. The number of carbonyl (C=O) groups excluding carboxylic acids is 2. The minimum atomic E-state index is -0.838. The predicted octanol–water partition coefficient (Wildman–Crippen LogP) is 2.51. The summed E-state index contributed by atoms with van der Waals surface area (Å²) in [5, 5.41) is 6.67. The lowest BCUT2D eigenvalue weighted by molar-refractivity contribution is 0.0668. The van der Waals surface area contributed by atoms with Crippen LogP contribution in [0, 0.1) is 6.92 Å². The van der Waals surface area contributed by atoms with Gasteiger partial charge >= 0.3 is 0 Å². The highest BCUT2D eigenvalue weighted by Gasteiger charge is 2.37. The van der Waals surface area contributed by atoms with Gasteiger partial charge in [-0.05, 0) is 65.4 Å². The normalized spacial score (nSPS) is 17.7. The van der Waals surface area contributed by atoms with E-state index < -0.39 is 5.66 Å². The number of nitrogens with zero attached hydrogens (tertiary/aromatic N) is 5. The number of aromatic nitrogens is 3. The zero-order chi connectivity index (χ0) is 25.1. The molecule has 11 heteroatoms. The first kappa shape index (κ1) is 23.4. The molecule has 184 valence electrons. The van der Waals surface area contributed by atoms with E-state index in [9.17, 15) is 14.4 Å². The summed E-state index contributed by atoms with van der Waals surface area (Å²) in [7, 11) is 4.15. The molecule has 10 nitrogen and oxygen atoms in total. The Kier molecular flexibility index (Phi) is 5.64. The van der Waals surface area contributed by atoms with E-state index in [0.29, 0.717) is 43.9 Å². The maximum Gasteiger partial charge on any atom is 0.276 e. The van der Waals surface area contributed by atoms with Crippen molar-refractivity contribution >= 4 is 44.9 Å². The Balaban J connectivity index is 1.46. The Hall–Kier alpha value is -3.31. The number of amides is 2. The number of rotatable bonds is 4. The van der Waals surface area contributed by atoms with Gasteiger partial charge in [-0.2, -0.15) is 0 Å². The minimum absolute atomic E-state index is 0.00376. The quantitative estimate of drug-likeness (QED) is 0.572. The van der Waals surface area contributed by atoms with E-state index in [-0.39, 0.29) is 17.4 Å². The third-order valence-electron chi connectivity index (χ3n) is 6.86. The first-order valence-electron chi connectivity index (χ1n) is 11.6. The Labute approximate surface area is 207 Å². The molecule has 3 aromatic rings. The van der Waals surface area contributed by atoms with Crippen molar-refractivity contribution in [3.63, 3.8) is 0 Å². The summed E-state index contributed by atoms with van der Waals surface area (Å²) in [6.45, 7) is 6.81. The summed E-state index contributed by atoms with van der Waals surface area (Å²) in [6, 6.07) is 3.96. The van der Waals surface area contributed by atoms with E-state index >= 15 is 0 Å². The Morgan fingerprint density at radius 2 is 1.91 bits per heavy atom. The fourth-order valence-corrected chi connectivity index (χ4v) is 5.94. The fraction of sp³-hybridized carbons (Fsp3) is 0.458. The Bertz CT molecular complexity index is 1400. The summed E-state index contributed by atoms with van der Waals surface area (Å²) < 4.78 is 1.48. The van der Waals surface area contributed by atoms with E-state index in [1.165, 1.54) is 22.2 Å². The van der Waals surface area contributed by atoms with E-state index in [4.69, 9.17) is 0 Å². The number of carbonyl (C=O) groups is 2. The van der Waals surface area contributed by atoms with Crippen molar-refractivity contribution in [2.24, 2.45) is 0 Å². The molecule has 5 heterocycles. The smallest absolute Gasteiger partial charge is 0.276 e. The van der Waals surface area contributed by atoms with Crippen LogP contribution in [0.25, 0.3) is 10.2 Å². The monoisotopic (exact) mass is 495 g/mol. The zero-order valence-corrected chi connectivity index (χ0v) is 21.3. The summed E-state index contributed by atoms with van der Waals surface area (Å²) in [6.07, 6.45) is 3.32. The number of aryl methyl sites for hydroxylation is 1. The molecule has 0 atom stereocenters. The zero-order valence-electron chi connectivity index (χ0n) is 20.5. The third-order valence-corrected chi connectivity index (χ3v) is 7.89. The second-order valence-corrected chi connectivity index (χ2v) is 10.9. The minimum Gasteiger partial charge on any atom is -0.338 e. The second kappa shape index (κ2) is 8.42. The fourth-order valence-electron chi connectivity index (χ4n) is 4.97. The van der Waals surface area contributed by atoms with E-state index in [2.05, 4.69) is 39.6 Å². The van der Waals surface area contributed by atoms with Crippen LogP contribution in [-0.4, -0.2) is 69.4 Å². The maximum atomic E-state index is 13.3. The number of thiophene rings is 1. The molecule has 0 spiro atoms. The van der Waals surface area contributed by atoms with Gasteiger partial charge in [-0.25, -0.2) is 9.97 Å². The molecule has 35 heavy (non-hydrogen) atoms. The second-order valence-electron chi connectivity index (χ2n) is 9.91. The van der Waals surface area contributed by atoms with Gasteiger partial charge in [0, 0.05) is 19.1 Å². The van der Waals surface area contributed by atoms with Crippen molar-refractivity contribution in [3.05, 3.63) is 44.9 Å². The average molecular weight is 496 g/mol. The molecular weight excluding hydrogens is 466 g/mol. The molecule has 0 unspecified atom stereocenters. The van der Waals surface area contributed by atoms with Gasteiger partial charge in [0.05, 0.1) is 10.3 Å². The lowest BCUT2D eigenvalue weighted by atomic mass is 10.0. The number of hydrogen-bond acceptors (Lipinski definition) is 8. The van der Waals surface area contributed by atoms with Crippen LogP contribution >= 0.6 is 11.3 Å². The van der Waals surface area contributed by atoms with Crippen molar-refractivity contribution in [2.45, 2.75) is 45.3 Å². The van der Waals surface area contributed by atoms with Gasteiger partial charge in [-0.1, -0.05) is 0 Å². The van der Waals surface area contributed by atoms with Crippen molar-refractivity contribution in [3.8, 4) is 0 Å². The van der Waals surface area contributed by atoms with Gasteiger partial charge in [-0.3, -0.25) is 19.0 Å². The van der Waals surface area contributed by atoms with Gasteiger partial charge in [-0.15, -0.1) is 11.3 Å². The predicted molar refractivity (Wildman–Crippen MR) is 136 cm³/mol. The lowest BCUT2D eigenvalue weighted by Crippen LogP contribution is -2.44. The molecule has 0 radical (unpaired) electrons. The highest BCUT2D eigenvalue weighted by atomic mass is 32.1. The first-order chi connectivity index (χ1) is 16.6. The van der Waals surface area contributed by atoms with Gasteiger partial charge in [0.2, 0.25) is 0 Å². The first-order valence-corrected chi connectivity index (χ1v) is 12.5. The summed E-state index contributed by atoms with van der Waals surface area (Å²) in [5.41, 5.74) is 0.189. The molecule has 0 aromatic carbocycles. The number of likely N-dealkylation sites (tertiary alicyclic amines) is 1. The highest BCUT2D eigenvalue weighted by Crippen LogP contribution is 2.32. The summed E-state index contributed by atoms with van der Waals surface area (Å²) >= 11 is 1.33. The van der Waals surface area contributed by atoms with Crippen LogP contribution < -0.4 is 16.2 Å². The SMILES string of the molecule is Cc1cc(Nc2ncnc3sc(C(=O)N4CCC(N(C)C)CC4)cc23)c(=O)n2c1C(=O)NC2(C)C. The van der Waals surface area contributed by atoms with Crippen molar-refractivity contribution in [2.75, 3.05) is 32.5 Å². The van der Waals surface area contributed by atoms with Crippen LogP contribution in [0.1, 0.15) is 52.4 Å². The molecule has 0 saturated carbocycles. The molecule has 0 aliphatic carbocycles. The Morgan fingerprint density at radius 1 is 1.20 bits per heavy atom. The van der Waals surface area contributed by atoms with Crippen LogP contribution in [0.3, 0.4) is 0 Å². The third kappa shape index (κ3) is 3.98. The molecule has 3 aromatic heterocycles. The molecule has 2 amide bonds. The number of anilines is 2. The number of pyridine rings is 1. The van der Waals surface area contributed by atoms with Gasteiger partial charge in [0.1, 0.15) is 34.0 Å². The summed E-state index contributed by atoms with van der Waals surface area (Å²) in [4.78, 5) is 53.0. The van der Waals surface area contributed by atoms with Gasteiger partial charge in [0.25, 0.3) is 17.4 Å². The van der Waals surface area contributed by atoms with Gasteiger partial charge < -0.3 is 20.4 Å². The van der Waals surface area contributed by atoms with Crippen molar-refractivity contribution in [1.82, 2.24) is 29.7 Å². The molecular formula is C24H29N7O3S. The number of piperidine rings is 1. The standard InChI is InChI=1S/C24H29N7O3S/c1-13-10-16(22(33)31-18(13)20(32)28-24(31,2)3)27-19-15-11-17(35-21(15)26-12-25-19)23(34)30-8-6-14(7-9-30)29(4)5/h10-12,14H,6-9H2,1-5H3,(H,28,32)(H,25,26,27). The lowest BCUT2D eigenvalue weighted by Gasteiger charge is -2.35. The molecule has 1 saturated heterocycles. The molecule has 5 rings (SSSR count). The van der Waals surface area contributed by atoms with E-state index in [1.807, 2.05) is 4.90 Å². The molecule has 0 bridgehead atoms. The average Bonchev–Trinajstić information content (AvgIpc) is 3.35. The van der Waals surface area contributed by atoms with Crippen LogP contribution in [-0.2, 0) is 5.66 Å². The maximum absolute atomic E-state index is 13.3. The van der Waals surface area contributed by atoms with Crippen molar-refractivity contribution in [1.29, 1.82) is 0 Å². The van der Waals surface area contributed by atoms with Crippen molar-refractivity contribution < 1.29 is 9.59 Å². The largest absolute Gasteiger partial charge is 0.338 e. The van der Waals surface area contributed by atoms with Crippen LogP contribution in [0.5, 0.6) is 0 Å². The molecule has 1 fully saturated rings.